The van der Waals surface area contributed by atoms with Gasteiger partial charge in [-0.3, -0.25) is 24.7 Å². The van der Waals surface area contributed by atoms with E-state index in [9.17, 15) is 9.18 Å². The first-order valence-electron chi connectivity index (χ1n) is 14.1. The number of nitrogens with one attached hydrogen (secondary N) is 4. The van der Waals surface area contributed by atoms with Crippen LogP contribution in [0.2, 0.25) is 0 Å². The van der Waals surface area contributed by atoms with Crippen LogP contribution in [0, 0.1) is 11.7 Å². The lowest BCUT2D eigenvalue weighted by Gasteiger charge is -2.24. The SMILES string of the molecule is O=C(Nc1cncc(-c2ncc3c(c2F)C(C2=C4NC4c4c(ccnc4C4CC=C(F)S4)N2)=NCCN3)c1)C1CCC1. The number of hydrogen-bond donors (Lipinski definition) is 4. The normalized spacial score (nSPS) is 22.1. The number of nitrogens with zero attached hydrogens (tertiary/aromatic N) is 4. The maximum atomic E-state index is 16.5. The lowest BCUT2D eigenvalue weighted by molar-refractivity contribution is -0.122. The lowest BCUT2D eigenvalue weighted by atomic mass is 9.85. The molecule has 8 rings (SSSR count). The number of halogens is 2. The molecule has 3 aromatic heterocycles. The van der Waals surface area contributed by atoms with Crippen molar-refractivity contribution in [1.82, 2.24) is 20.3 Å². The first-order valence-corrected chi connectivity index (χ1v) is 15.0. The number of fused-ring (bicyclic) bond motifs is 4. The Balaban J connectivity index is 1.15. The third-order valence-corrected chi connectivity index (χ3v) is 9.43. The zero-order chi connectivity index (χ0) is 28.4. The summed E-state index contributed by atoms with van der Waals surface area (Å²) in [5.41, 5.74) is 6.74. The van der Waals surface area contributed by atoms with Crippen LogP contribution in [0.5, 0.6) is 0 Å². The maximum Gasteiger partial charge on any atom is 0.227 e. The topological polar surface area (TPSA) is 126 Å². The minimum atomic E-state index is -0.526. The molecule has 1 amide bonds. The average molecular weight is 585 g/mol. The molecule has 1 saturated heterocycles. The number of amides is 1. The maximum absolute atomic E-state index is 16.5. The zero-order valence-electron chi connectivity index (χ0n) is 22.4. The van der Waals surface area contributed by atoms with Gasteiger partial charge in [0.05, 0.1) is 70.0 Å². The molecule has 1 saturated carbocycles. The summed E-state index contributed by atoms with van der Waals surface area (Å²) in [7, 11) is 0. The summed E-state index contributed by atoms with van der Waals surface area (Å²) in [6, 6.07) is 3.49. The molecule has 3 aromatic rings. The molecular weight excluding hydrogens is 558 g/mol. The van der Waals surface area contributed by atoms with Crippen LogP contribution in [0.3, 0.4) is 0 Å². The van der Waals surface area contributed by atoms with Crippen molar-refractivity contribution in [3.8, 4) is 11.3 Å². The standard InChI is InChI=1S/C30H26F2N8OS/c31-20-5-4-19(42-20)25-22-17(6-7-35-25)39-28(29-27(22)40-29)26-21-18(34-8-9-36-26)13-37-24(23(21)32)15-10-16(12-33-11-15)38-30(41)14-2-1-3-14/h5-7,10-14,19,27,34,39-40H,1-4,8-9H2,(H,38,41). The molecule has 7 heterocycles. The highest BCUT2D eigenvalue weighted by molar-refractivity contribution is 8.03. The van der Waals surface area contributed by atoms with Crippen molar-refractivity contribution >= 4 is 40.4 Å². The van der Waals surface area contributed by atoms with E-state index in [1.807, 2.05) is 6.07 Å². The minimum absolute atomic E-state index is 0.0185. The van der Waals surface area contributed by atoms with Gasteiger partial charge in [0.2, 0.25) is 5.91 Å². The van der Waals surface area contributed by atoms with Crippen LogP contribution < -0.4 is 21.3 Å². The Hall–Kier alpha value is -4.32. The second-order valence-electron chi connectivity index (χ2n) is 10.9. The Morgan fingerprint density at radius 1 is 1.12 bits per heavy atom. The van der Waals surface area contributed by atoms with E-state index in [1.165, 1.54) is 11.8 Å². The van der Waals surface area contributed by atoms with Gasteiger partial charge < -0.3 is 21.3 Å². The van der Waals surface area contributed by atoms with E-state index < -0.39 is 5.82 Å². The molecule has 2 unspecified atom stereocenters. The third-order valence-electron chi connectivity index (χ3n) is 8.34. The highest BCUT2D eigenvalue weighted by Gasteiger charge is 2.45. The Morgan fingerprint density at radius 3 is 2.83 bits per heavy atom. The molecule has 2 atom stereocenters. The number of allylic oxidation sites excluding steroid dienone is 2. The summed E-state index contributed by atoms with van der Waals surface area (Å²) in [4.78, 5) is 30.6. The molecule has 2 fully saturated rings. The fourth-order valence-electron chi connectivity index (χ4n) is 5.94. The summed E-state index contributed by atoms with van der Waals surface area (Å²) in [6.07, 6.45) is 11.5. The number of thioether (sulfide) groups is 1. The fourth-order valence-corrected chi connectivity index (χ4v) is 6.90. The Morgan fingerprint density at radius 2 is 2.02 bits per heavy atom. The quantitative estimate of drug-likeness (QED) is 0.286. The van der Waals surface area contributed by atoms with Gasteiger partial charge in [-0.25, -0.2) is 4.39 Å². The number of hydrogen-bond acceptors (Lipinski definition) is 9. The Kier molecular flexibility index (Phi) is 5.99. The largest absolute Gasteiger partial charge is 0.381 e. The molecule has 212 valence electrons. The summed E-state index contributed by atoms with van der Waals surface area (Å²) >= 11 is 1.19. The molecule has 0 aromatic carbocycles. The van der Waals surface area contributed by atoms with Crippen LogP contribution in [0.25, 0.3) is 11.3 Å². The van der Waals surface area contributed by atoms with E-state index in [4.69, 9.17) is 4.99 Å². The predicted molar refractivity (Wildman–Crippen MR) is 158 cm³/mol. The van der Waals surface area contributed by atoms with Gasteiger partial charge in [0.1, 0.15) is 5.69 Å². The third kappa shape index (κ3) is 4.23. The van der Waals surface area contributed by atoms with Crippen molar-refractivity contribution in [1.29, 1.82) is 0 Å². The monoisotopic (exact) mass is 584 g/mol. The van der Waals surface area contributed by atoms with E-state index in [1.54, 1.807) is 36.9 Å². The number of anilines is 3. The number of carbonyl (C=O) groups is 1. The van der Waals surface area contributed by atoms with Gasteiger partial charge in [-0.2, -0.15) is 4.39 Å². The second kappa shape index (κ2) is 9.90. The van der Waals surface area contributed by atoms with Crippen LogP contribution in [0.4, 0.5) is 25.8 Å². The molecule has 12 heteroatoms. The van der Waals surface area contributed by atoms with Crippen molar-refractivity contribution in [2.75, 3.05) is 29.0 Å². The Bertz CT molecular complexity index is 1750. The van der Waals surface area contributed by atoms with Crippen molar-refractivity contribution in [3.05, 3.63) is 82.2 Å². The van der Waals surface area contributed by atoms with Crippen LogP contribution >= 0.6 is 11.8 Å². The van der Waals surface area contributed by atoms with Gasteiger partial charge in [-0.1, -0.05) is 18.2 Å². The molecule has 0 bridgehead atoms. The van der Waals surface area contributed by atoms with Crippen LogP contribution in [-0.2, 0) is 4.79 Å². The lowest BCUT2D eigenvalue weighted by Crippen LogP contribution is -2.28. The fraction of sp³-hybridized carbons (Fsp3) is 0.300. The van der Waals surface area contributed by atoms with E-state index in [0.717, 1.165) is 41.9 Å². The van der Waals surface area contributed by atoms with Crippen LogP contribution in [0.1, 0.15) is 53.8 Å². The number of pyridine rings is 3. The number of rotatable bonds is 5. The van der Waals surface area contributed by atoms with Crippen molar-refractivity contribution in [3.63, 3.8) is 0 Å². The summed E-state index contributed by atoms with van der Waals surface area (Å²) in [5, 5.41) is 12.8. The number of aliphatic imine (C=N–C) groups is 1. The first-order chi connectivity index (χ1) is 20.5. The number of aromatic nitrogens is 3. The molecule has 4 N–H and O–H groups in total. The van der Waals surface area contributed by atoms with E-state index in [2.05, 4.69) is 36.2 Å². The van der Waals surface area contributed by atoms with Crippen molar-refractivity contribution in [2.45, 2.75) is 37.0 Å². The molecule has 42 heavy (non-hydrogen) atoms. The molecule has 1 aliphatic carbocycles. The van der Waals surface area contributed by atoms with Gasteiger partial charge in [0.25, 0.3) is 0 Å². The zero-order valence-corrected chi connectivity index (χ0v) is 23.2. The molecule has 0 spiro atoms. The molecule has 4 aliphatic heterocycles. The van der Waals surface area contributed by atoms with Gasteiger partial charge in [-0.15, -0.1) is 0 Å². The van der Waals surface area contributed by atoms with Gasteiger partial charge in [0.15, 0.2) is 11.0 Å². The van der Waals surface area contributed by atoms with Crippen LogP contribution in [0.15, 0.2) is 64.5 Å². The summed E-state index contributed by atoms with van der Waals surface area (Å²) in [6.45, 7) is 0.979. The highest BCUT2D eigenvalue weighted by Crippen LogP contribution is 2.52. The Labute approximate surface area is 244 Å². The number of carbonyl (C=O) groups excluding carboxylic acids is 1. The van der Waals surface area contributed by atoms with E-state index in [0.29, 0.717) is 53.4 Å². The van der Waals surface area contributed by atoms with Crippen LogP contribution in [-0.4, -0.2) is 39.7 Å². The van der Waals surface area contributed by atoms with E-state index >= 15 is 4.39 Å². The average Bonchev–Trinajstić information content (AvgIpc) is 3.69. The predicted octanol–water partition coefficient (Wildman–Crippen LogP) is 5.60. The minimum Gasteiger partial charge on any atom is -0.381 e. The molecule has 5 aliphatic rings. The van der Waals surface area contributed by atoms with E-state index in [-0.39, 0.29) is 34.0 Å². The summed E-state index contributed by atoms with van der Waals surface area (Å²) < 4.78 is 30.4. The van der Waals surface area contributed by atoms with Crippen molar-refractivity contribution in [2.24, 2.45) is 10.9 Å². The summed E-state index contributed by atoms with van der Waals surface area (Å²) in [5.74, 6) is -0.545. The van der Waals surface area contributed by atoms with Crippen molar-refractivity contribution < 1.29 is 13.6 Å². The van der Waals surface area contributed by atoms with Gasteiger partial charge >= 0.3 is 0 Å². The molecule has 0 radical (unpaired) electrons. The first kappa shape index (κ1) is 25.4. The smallest absolute Gasteiger partial charge is 0.227 e. The second-order valence-corrected chi connectivity index (χ2v) is 12.1. The van der Waals surface area contributed by atoms with Gasteiger partial charge in [-0.05, 0) is 37.5 Å². The highest BCUT2D eigenvalue weighted by atomic mass is 32.2. The molecule has 9 nitrogen and oxygen atoms in total. The van der Waals surface area contributed by atoms with Gasteiger partial charge in [0, 0.05) is 41.7 Å². The molecular formula is C30H26F2N8OS.